The quantitative estimate of drug-likeness (QED) is 0.183. The van der Waals surface area contributed by atoms with Crippen molar-refractivity contribution in [1.29, 1.82) is 0 Å². The number of esters is 3. The van der Waals surface area contributed by atoms with Crippen LogP contribution in [0.3, 0.4) is 0 Å². The molecule has 4 rings (SSSR count). The predicted molar refractivity (Wildman–Crippen MR) is 138 cm³/mol. The van der Waals surface area contributed by atoms with Crippen LogP contribution in [-0.2, 0) is 20.9 Å². The lowest BCUT2D eigenvalue weighted by atomic mass is 10.1. The van der Waals surface area contributed by atoms with Crippen molar-refractivity contribution in [3.8, 4) is 17.2 Å². The minimum Gasteiger partial charge on any atom is -0.493 e. The molecule has 1 saturated heterocycles. The van der Waals surface area contributed by atoms with Gasteiger partial charge in [0.1, 0.15) is 17.2 Å². The fourth-order valence-electron chi connectivity index (χ4n) is 3.62. The Morgan fingerprint density at radius 1 is 0.950 bits per heavy atom. The standard InChI is InChI=1S/C27H21ClN2O10/c1-14(31)38-21-7-4-15(12-23(21)36-2)25(33)40-20-8-5-17(28)10-16(20)11-19-24(32)30(27(35)29-19)13-18-6-9-22(39-18)26(34)37-3/h4-12H,13H2,1-3H3,(H,29,35)/b19-11-. The minimum atomic E-state index is -0.780. The molecule has 1 fully saturated rings. The van der Waals surface area contributed by atoms with Crippen LogP contribution >= 0.6 is 11.6 Å². The fraction of sp³-hybridized carbons (Fsp3) is 0.148. The zero-order valence-corrected chi connectivity index (χ0v) is 22.1. The van der Waals surface area contributed by atoms with Gasteiger partial charge in [-0.2, -0.15) is 0 Å². The molecule has 12 nitrogen and oxygen atoms in total. The molecule has 13 heteroatoms. The second-order valence-electron chi connectivity index (χ2n) is 8.17. The lowest BCUT2D eigenvalue weighted by molar-refractivity contribution is -0.132. The molecule has 0 radical (unpaired) electrons. The highest BCUT2D eigenvalue weighted by atomic mass is 35.5. The third-order valence-corrected chi connectivity index (χ3v) is 5.69. The van der Waals surface area contributed by atoms with Crippen molar-refractivity contribution < 1.29 is 47.3 Å². The first kappa shape index (κ1) is 27.9. The van der Waals surface area contributed by atoms with Crippen LogP contribution in [0, 0.1) is 0 Å². The van der Waals surface area contributed by atoms with E-state index in [1.807, 2.05) is 0 Å². The van der Waals surface area contributed by atoms with Crippen molar-refractivity contribution in [3.63, 3.8) is 0 Å². The zero-order chi connectivity index (χ0) is 29.0. The van der Waals surface area contributed by atoms with Gasteiger partial charge in [-0.3, -0.25) is 14.5 Å². The Balaban J connectivity index is 1.55. The van der Waals surface area contributed by atoms with Gasteiger partial charge in [-0.25, -0.2) is 14.4 Å². The van der Waals surface area contributed by atoms with E-state index in [0.29, 0.717) is 0 Å². The minimum absolute atomic E-state index is 0.0409. The summed E-state index contributed by atoms with van der Waals surface area (Å²) in [5, 5.41) is 2.73. The molecule has 1 N–H and O–H groups in total. The van der Waals surface area contributed by atoms with Crippen molar-refractivity contribution in [2.75, 3.05) is 14.2 Å². The SMILES string of the molecule is COC(=O)c1ccc(CN2C(=O)N/C(=C\c3cc(Cl)ccc3OC(=O)c3ccc(OC(C)=O)c(OC)c3)C2=O)o1. The van der Waals surface area contributed by atoms with Crippen LogP contribution in [0.2, 0.25) is 5.02 Å². The molecule has 206 valence electrons. The lowest BCUT2D eigenvalue weighted by Gasteiger charge is -2.11. The monoisotopic (exact) mass is 568 g/mol. The van der Waals surface area contributed by atoms with Crippen molar-refractivity contribution in [1.82, 2.24) is 10.2 Å². The summed E-state index contributed by atoms with van der Waals surface area (Å²) in [6, 6.07) is 10.5. The Bertz CT molecular complexity index is 1560. The summed E-state index contributed by atoms with van der Waals surface area (Å²) in [4.78, 5) is 62.2. The number of ether oxygens (including phenoxy) is 4. The molecule has 2 heterocycles. The number of benzene rings is 2. The zero-order valence-electron chi connectivity index (χ0n) is 21.3. The molecule has 0 aliphatic carbocycles. The van der Waals surface area contributed by atoms with Crippen LogP contribution in [0.25, 0.3) is 6.08 Å². The number of hydrogen-bond donors (Lipinski definition) is 1. The third kappa shape index (κ3) is 6.13. The van der Waals surface area contributed by atoms with Gasteiger partial charge in [0, 0.05) is 17.5 Å². The number of halogens is 1. The summed E-state index contributed by atoms with van der Waals surface area (Å²) in [6.07, 6.45) is 1.31. The first-order valence-electron chi connectivity index (χ1n) is 11.5. The van der Waals surface area contributed by atoms with Crippen LogP contribution in [-0.4, -0.2) is 49.0 Å². The number of carbonyl (C=O) groups excluding carboxylic acids is 5. The molecular weight excluding hydrogens is 548 g/mol. The van der Waals surface area contributed by atoms with Gasteiger partial charge in [-0.1, -0.05) is 11.6 Å². The summed E-state index contributed by atoms with van der Waals surface area (Å²) in [5.74, 6) is -2.33. The summed E-state index contributed by atoms with van der Waals surface area (Å²) in [5.41, 5.74) is 0.194. The molecule has 1 aliphatic heterocycles. The summed E-state index contributed by atoms with van der Waals surface area (Å²) >= 11 is 6.13. The average Bonchev–Trinajstić information content (AvgIpc) is 3.50. The molecule has 1 aliphatic rings. The normalized spacial score (nSPS) is 13.7. The molecule has 0 saturated carbocycles. The van der Waals surface area contributed by atoms with Gasteiger partial charge < -0.3 is 28.7 Å². The largest absolute Gasteiger partial charge is 0.493 e. The molecular formula is C27H21ClN2O10. The molecule has 0 spiro atoms. The first-order chi connectivity index (χ1) is 19.1. The van der Waals surface area contributed by atoms with E-state index in [4.69, 9.17) is 30.2 Å². The van der Waals surface area contributed by atoms with Gasteiger partial charge in [0.05, 0.1) is 26.3 Å². The Hall–Kier alpha value is -5.10. The van der Waals surface area contributed by atoms with E-state index in [2.05, 4.69) is 10.1 Å². The molecule has 2 aromatic carbocycles. The number of nitrogens with one attached hydrogen (secondary N) is 1. The topological polar surface area (TPSA) is 151 Å². The average molecular weight is 569 g/mol. The number of rotatable bonds is 8. The summed E-state index contributed by atoms with van der Waals surface area (Å²) < 4.78 is 25.7. The summed E-state index contributed by atoms with van der Waals surface area (Å²) in [6.45, 7) is 0.981. The third-order valence-electron chi connectivity index (χ3n) is 5.45. The number of imide groups is 1. The highest BCUT2D eigenvalue weighted by Gasteiger charge is 2.34. The Labute approximate surface area is 232 Å². The number of furan rings is 1. The van der Waals surface area contributed by atoms with Gasteiger partial charge in [-0.05, 0) is 54.6 Å². The van der Waals surface area contributed by atoms with Crippen molar-refractivity contribution in [2.24, 2.45) is 0 Å². The fourth-order valence-corrected chi connectivity index (χ4v) is 3.80. The van der Waals surface area contributed by atoms with E-state index in [1.165, 1.54) is 75.8 Å². The number of carbonyl (C=O) groups is 5. The molecule has 0 bridgehead atoms. The van der Waals surface area contributed by atoms with E-state index >= 15 is 0 Å². The first-order valence-corrected chi connectivity index (χ1v) is 11.9. The molecule has 3 aromatic rings. The second-order valence-corrected chi connectivity index (χ2v) is 8.60. The molecule has 40 heavy (non-hydrogen) atoms. The maximum absolute atomic E-state index is 13.0. The van der Waals surface area contributed by atoms with Crippen LogP contribution in [0.1, 0.15) is 39.2 Å². The Morgan fingerprint density at radius 2 is 1.70 bits per heavy atom. The van der Waals surface area contributed by atoms with E-state index < -0.39 is 29.8 Å². The Kier molecular flexibility index (Phi) is 8.20. The molecule has 3 amide bonds. The van der Waals surface area contributed by atoms with Crippen molar-refractivity contribution in [3.05, 3.63) is 81.9 Å². The van der Waals surface area contributed by atoms with Gasteiger partial charge in [0.15, 0.2) is 11.5 Å². The number of hydrogen-bond acceptors (Lipinski definition) is 10. The number of amides is 3. The highest BCUT2D eigenvalue weighted by molar-refractivity contribution is 6.30. The van der Waals surface area contributed by atoms with Crippen LogP contribution < -0.4 is 19.5 Å². The molecule has 0 atom stereocenters. The van der Waals surface area contributed by atoms with Crippen molar-refractivity contribution in [2.45, 2.75) is 13.5 Å². The lowest BCUT2D eigenvalue weighted by Crippen LogP contribution is -2.30. The molecule has 0 unspecified atom stereocenters. The van der Waals surface area contributed by atoms with E-state index in [-0.39, 0.29) is 57.2 Å². The van der Waals surface area contributed by atoms with E-state index in [9.17, 15) is 24.0 Å². The number of methoxy groups -OCH3 is 2. The second kappa shape index (κ2) is 11.7. The van der Waals surface area contributed by atoms with E-state index in [0.717, 1.165) is 4.90 Å². The molecule has 1 aromatic heterocycles. The van der Waals surface area contributed by atoms with Gasteiger partial charge in [0.2, 0.25) is 5.76 Å². The smallest absolute Gasteiger partial charge is 0.373 e. The van der Waals surface area contributed by atoms with E-state index in [1.54, 1.807) is 0 Å². The summed E-state index contributed by atoms with van der Waals surface area (Å²) in [7, 11) is 2.54. The van der Waals surface area contributed by atoms with Crippen molar-refractivity contribution >= 4 is 47.5 Å². The predicted octanol–water partition coefficient (Wildman–Crippen LogP) is 3.97. The van der Waals surface area contributed by atoms with Crippen LogP contribution in [0.15, 0.2) is 58.6 Å². The van der Waals surface area contributed by atoms with Gasteiger partial charge in [-0.15, -0.1) is 0 Å². The highest BCUT2D eigenvalue weighted by Crippen LogP contribution is 2.31. The maximum Gasteiger partial charge on any atom is 0.373 e. The van der Waals surface area contributed by atoms with Crippen LogP contribution in [0.5, 0.6) is 17.2 Å². The van der Waals surface area contributed by atoms with Gasteiger partial charge in [0.25, 0.3) is 5.91 Å². The number of nitrogens with zero attached hydrogens (tertiary/aromatic N) is 1. The maximum atomic E-state index is 13.0. The van der Waals surface area contributed by atoms with Crippen LogP contribution in [0.4, 0.5) is 4.79 Å². The number of urea groups is 1. The van der Waals surface area contributed by atoms with Gasteiger partial charge >= 0.3 is 23.9 Å². The Morgan fingerprint density at radius 3 is 2.40 bits per heavy atom.